The third-order valence-corrected chi connectivity index (χ3v) is 7.82. The normalized spacial score (nSPS) is 19.0. The number of ether oxygens (including phenoxy) is 2. The first-order valence-corrected chi connectivity index (χ1v) is 14.3. The topological polar surface area (TPSA) is 93.2 Å². The van der Waals surface area contributed by atoms with Crippen LogP contribution in [-0.2, 0) is 9.47 Å². The highest BCUT2D eigenvalue weighted by atomic mass is 35.5. The molecule has 218 valence electrons. The molecule has 0 aromatic heterocycles. The van der Waals surface area contributed by atoms with Gasteiger partial charge in [0.1, 0.15) is 5.60 Å². The summed E-state index contributed by atoms with van der Waals surface area (Å²) in [6.07, 6.45) is 1.74. The lowest BCUT2D eigenvalue weighted by atomic mass is 9.72. The van der Waals surface area contributed by atoms with Crippen LogP contribution in [0, 0.1) is 5.92 Å². The van der Waals surface area contributed by atoms with Gasteiger partial charge < -0.3 is 19.3 Å². The van der Waals surface area contributed by atoms with Gasteiger partial charge in [-0.25, -0.2) is 9.59 Å². The van der Waals surface area contributed by atoms with Gasteiger partial charge in [-0.05, 0) is 76.0 Å². The number of likely N-dealkylation sites (N-methyl/N-ethyl adjacent to an activating group) is 2. The maximum atomic E-state index is 13.7. The van der Waals surface area contributed by atoms with Crippen LogP contribution in [0.15, 0.2) is 59.9 Å². The summed E-state index contributed by atoms with van der Waals surface area (Å²) < 4.78 is 11.1. The van der Waals surface area contributed by atoms with Crippen molar-refractivity contribution in [2.75, 3.05) is 27.2 Å². The monoisotopic (exact) mass is 580 g/mol. The van der Waals surface area contributed by atoms with Crippen molar-refractivity contribution in [3.63, 3.8) is 0 Å². The second-order valence-corrected chi connectivity index (χ2v) is 12.2. The molecule has 0 saturated heterocycles. The first kappa shape index (κ1) is 30.3. The molecule has 0 spiro atoms. The summed E-state index contributed by atoms with van der Waals surface area (Å²) in [7, 11) is 3.10. The first-order chi connectivity index (χ1) is 19.4. The number of ketones is 2. The number of carbonyl (C=O) groups excluding carboxylic acids is 4. The maximum Gasteiger partial charge on any atom is 0.415 e. The smallest absolute Gasteiger partial charge is 0.415 e. The molecule has 2 aromatic carbocycles. The minimum absolute atomic E-state index is 0.141. The van der Waals surface area contributed by atoms with Gasteiger partial charge in [0.05, 0.1) is 5.57 Å². The van der Waals surface area contributed by atoms with Crippen molar-refractivity contribution in [3.8, 4) is 0 Å². The number of carbonyl (C=O) groups is 4. The summed E-state index contributed by atoms with van der Waals surface area (Å²) in [5.74, 6) is -0.825. The molecule has 2 aromatic rings. The van der Waals surface area contributed by atoms with Crippen LogP contribution in [0.3, 0.4) is 0 Å². The van der Waals surface area contributed by atoms with Crippen LogP contribution < -0.4 is 0 Å². The van der Waals surface area contributed by atoms with Gasteiger partial charge >= 0.3 is 12.2 Å². The molecule has 0 unspecified atom stereocenters. The summed E-state index contributed by atoms with van der Waals surface area (Å²) in [5.41, 5.74) is 1.39. The van der Waals surface area contributed by atoms with E-state index in [1.54, 1.807) is 52.1 Å². The van der Waals surface area contributed by atoms with Gasteiger partial charge in [0.25, 0.3) is 0 Å². The lowest BCUT2D eigenvalue weighted by molar-refractivity contribution is 0.0285. The highest BCUT2D eigenvalue weighted by Crippen LogP contribution is 2.42. The Balaban J connectivity index is 1.51. The van der Waals surface area contributed by atoms with Gasteiger partial charge in [-0.1, -0.05) is 48.0 Å². The zero-order chi connectivity index (χ0) is 29.9. The molecule has 2 amide bonds. The number of fused-ring (bicyclic) bond motifs is 1. The molecule has 0 N–H and O–H groups in total. The minimum atomic E-state index is -0.773. The Morgan fingerprint density at radius 3 is 1.88 bits per heavy atom. The first-order valence-electron chi connectivity index (χ1n) is 13.9. The van der Waals surface area contributed by atoms with Crippen LogP contribution >= 0.6 is 11.6 Å². The summed E-state index contributed by atoms with van der Waals surface area (Å²) in [5, 5.41) is 0.686. The zero-order valence-electron chi connectivity index (χ0n) is 24.2. The number of halogens is 1. The van der Waals surface area contributed by atoms with Gasteiger partial charge in [0, 0.05) is 43.3 Å². The summed E-state index contributed by atoms with van der Waals surface area (Å²) in [6.45, 7) is 5.66. The lowest BCUT2D eigenvalue weighted by Gasteiger charge is -2.32. The Bertz CT molecular complexity index is 1350. The molecule has 9 heteroatoms. The van der Waals surface area contributed by atoms with Crippen LogP contribution in [0.5, 0.6) is 0 Å². The van der Waals surface area contributed by atoms with Crippen molar-refractivity contribution < 1.29 is 28.7 Å². The molecule has 1 fully saturated rings. The predicted molar refractivity (Wildman–Crippen MR) is 156 cm³/mol. The number of allylic oxidation sites excluding steroid dienone is 2. The van der Waals surface area contributed by atoms with Gasteiger partial charge in [-0.3, -0.25) is 9.59 Å². The molecule has 4 rings (SSSR count). The molecule has 0 radical (unpaired) electrons. The zero-order valence-corrected chi connectivity index (χ0v) is 25.0. The number of amides is 2. The van der Waals surface area contributed by atoms with E-state index in [1.165, 1.54) is 22.4 Å². The fraction of sp³-hybridized carbons (Fsp3) is 0.438. The summed E-state index contributed by atoms with van der Waals surface area (Å²) in [6, 6.07) is 14.5. The Morgan fingerprint density at radius 1 is 0.805 bits per heavy atom. The van der Waals surface area contributed by atoms with Gasteiger partial charge in [-0.2, -0.15) is 0 Å². The second-order valence-electron chi connectivity index (χ2n) is 11.7. The van der Waals surface area contributed by atoms with Crippen LogP contribution in [0.1, 0.15) is 78.7 Å². The number of nitrogens with zero attached hydrogens (tertiary/aromatic N) is 2. The molecular formula is C32H37ClN2O6. The van der Waals surface area contributed by atoms with Crippen molar-refractivity contribution >= 4 is 35.4 Å². The minimum Gasteiger partial charge on any atom is -0.444 e. The van der Waals surface area contributed by atoms with Gasteiger partial charge in [-0.15, -0.1) is 0 Å². The van der Waals surface area contributed by atoms with Crippen molar-refractivity contribution in [1.29, 1.82) is 0 Å². The highest BCUT2D eigenvalue weighted by Gasteiger charge is 2.40. The summed E-state index contributed by atoms with van der Waals surface area (Å²) in [4.78, 5) is 55.4. The molecule has 2 aliphatic carbocycles. The average Bonchev–Trinajstić information content (AvgIpc) is 2.94. The van der Waals surface area contributed by atoms with E-state index < -0.39 is 23.6 Å². The van der Waals surface area contributed by atoms with E-state index in [-0.39, 0.29) is 41.7 Å². The average molecular weight is 581 g/mol. The molecule has 0 bridgehead atoms. The second kappa shape index (κ2) is 12.5. The third kappa shape index (κ3) is 7.17. The molecule has 2 aliphatic rings. The molecule has 8 nitrogen and oxygen atoms in total. The molecule has 1 saturated carbocycles. The van der Waals surface area contributed by atoms with Crippen molar-refractivity contribution in [1.82, 2.24) is 9.80 Å². The Morgan fingerprint density at radius 2 is 1.32 bits per heavy atom. The van der Waals surface area contributed by atoms with Gasteiger partial charge in [0.15, 0.2) is 11.5 Å². The van der Waals surface area contributed by atoms with Gasteiger partial charge in [0.2, 0.25) is 5.78 Å². The van der Waals surface area contributed by atoms with E-state index in [0.717, 1.165) is 12.8 Å². The Kier molecular flexibility index (Phi) is 9.22. The highest BCUT2D eigenvalue weighted by molar-refractivity contribution is 6.30. The third-order valence-electron chi connectivity index (χ3n) is 7.57. The fourth-order valence-electron chi connectivity index (χ4n) is 5.28. The molecule has 41 heavy (non-hydrogen) atoms. The van der Waals surface area contributed by atoms with Crippen LogP contribution in [0.25, 0.3) is 0 Å². The standard InChI is InChI=1S/C32H37ClN2O6/c1-32(2,3)41-31(39)35(5)19-18-34(4)30(38)40-29-26(27(36)24-8-6-7-9-25(24)28(29)37)22-12-10-20(11-13-22)21-14-16-23(33)17-15-21/h6-9,14-17,20,22H,10-13,18-19H2,1-5H3/t20-,22-. The largest absolute Gasteiger partial charge is 0.444 e. The van der Waals surface area contributed by atoms with E-state index in [0.29, 0.717) is 29.3 Å². The van der Waals surface area contributed by atoms with E-state index in [4.69, 9.17) is 21.1 Å². The quantitative estimate of drug-likeness (QED) is 0.370. The molecule has 0 atom stereocenters. The number of Topliss-reactive ketones (excluding diaryl/α,β-unsaturated/α-hetero) is 2. The van der Waals surface area contributed by atoms with E-state index in [9.17, 15) is 19.2 Å². The predicted octanol–water partition coefficient (Wildman–Crippen LogP) is 6.88. The van der Waals surface area contributed by atoms with Crippen LogP contribution in [0.4, 0.5) is 9.59 Å². The fourth-order valence-corrected chi connectivity index (χ4v) is 5.41. The SMILES string of the molecule is CN(CCN(C)C(=O)OC(C)(C)C)C(=O)OC1=C([C@H]2CC[C@H](c3ccc(Cl)cc3)CC2)C(=O)c2ccccc2C1=O. The number of hydrogen-bond donors (Lipinski definition) is 0. The number of benzene rings is 2. The molecular weight excluding hydrogens is 544 g/mol. The molecule has 0 aliphatic heterocycles. The van der Waals surface area contributed by atoms with Crippen molar-refractivity contribution in [2.24, 2.45) is 5.92 Å². The molecule has 0 heterocycles. The Labute approximate surface area is 246 Å². The summed E-state index contributed by atoms with van der Waals surface area (Å²) >= 11 is 6.05. The lowest BCUT2D eigenvalue weighted by Crippen LogP contribution is -2.40. The maximum absolute atomic E-state index is 13.7. The Hall–Kier alpha value is -3.65. The van der Waals surface area contributed by atoms with E-state index >= 15 is 0 Å². The van der Waals surface area contributed by atoms with Crippen LogP contribution in [-0.4, -0.2) is 66.3 Å². The van der Waals surface area contributed by atoms with E-state index in [2.05, 4.69) is 0 Å². The number of rotatable bonds is 6. The van der Waals surface area contributed by atoms with Crippen LogP contribution in [0.2, 0.25) is 5.02 Å². The number of hydrogen-bond acceptors (Lipinski definition) is 6. The van der Waals surface area contributed by atoms with E-state index in [1.807, 2.05) is 24.3 Å². The van der Waals surface area contributed by atoms with Crippen molar-refractivity contribution in [2.45, 2.75) is 58.0 Å². The van der Waals surface area contributed by atoms with Crippen molar-refractivity contribution in [3.05, 3.63) is 81.6 Å².